The van der Waals surface area contributed by atoms with Crippen LogP contribution in [0.1, 0.15) is 44.9 Å². The van der Waals surface area contributed by atoms with Gasteiger partial charge in [0.25, 0.3) is 5.56 Å². The molecule has 0 aliphatic carbocycles. The van der Waals surface area contributed by atoms with Crippen LogP contribution in [0.5, 0.6) is 0 Å². The highest BCUT2D eigenvalue weighted by molar-refractivity contribution is 8.08. The highest BCUT2D eigenvalue weighted by Gasteiger charge is 2.34. The molecule has 1 aliphatic rings. The lowest BCUT2D eigenvalue weighted by Crippen LogP contribution is -2.35. The summed E-state index contributed by atoms with van der Waals surface area (Å²) in [5.74, 6) is -1.20. The quantitative estimate of drug-likeness (QED) is 0.0874. The second-order valence-corrected chi connectivity index (χ2v) is 17.9. The van der Waals surface area contributed by atoms with Crippen LogP contribution in [0.25, 0.3) is 22.5 Å². The van der Waals surface area contributed by atoms with E-state index in [1.807, 2.05) is 43.0 Å². The number of aryl methyl sites for hydroxylation is 1. The van der Waals surface area contributed by atoms with Crippen LogP contribution in [-0.2, 0) is 18.9 Å². The molecule has 3 aromatic carbocycles. The van der Waals surface area contributed by atoms with Gasteiger partial charge in [0.1, 0.15) is 20.8 Å². The van der Waals surface area contributed by atoms with E-state index in [0.29, 0.717) is 31.9 Å². The van der Waals surface area contributed by atoms with Gasteiger partial charge in [0.2, 0.25) is 7.59 Å². The van der Waals surface area contributed by atoms with Crippen molar-refractivity contribution in [2.24, 2.45) is 0 Å². The zero-order valence-corrected chi connectivity index (χ0v) is 33.2. The van der Waals surface area contributed by atoms with Crippen molar-refractivity contribution < 1.29 is 14.3 Å². The summed E-state index contributed by atoms with van der Waals surface area (Å²) in [7, 11) is 0. The standard InChI is InChI=1S/C35H25Cl6N5O4S2/c1-3-45-26(18-24(47)20-7-5-4-6-8-20)52-27(29(45)48)30-46(23-14-9-19(2)17-25(23)51-30)15-16-50-31(49)22-12-10-21(11-13-22)28-42-32(34(36,37)38)44-33(43-28)35(39,40)41/h4-14,17-18H,3,15-16H2,1-2H3. The summed E-state index contributed by atoms with van der Waals surface area (Å²) in [6.07, 6.45) is 1.50. The number of nitrogens with zero attached hydrogens (tertiary/aromatic N) is 5. The maximum Gasteiger partial charge on any atom is 0.338 e. The van der Waals surface area contributed by atoms with Crippen LogP contribution in [0, 0.1) is 6.92 Å². The number of aromatic nitrogens is 4. The monoisotopic (exact) mass is 853 g/mol. The Kier molecular flexibility index (Phi) is 11.6. The van der Waals surface area contributed by atoms with Crippen molar-refractivity contribution >= 4 is 121 Å². The zero-order valence-electron chi connectivity index (χ0n) is 27.1. The molecule has 5 aromatic rings. The summed E-state index contributed by atoms with van der Waals surface area (Å²) in [4.78, 5) is 55.3. The molecular formula is C35H25Cl6N5O4S2. The Hall–Kier alpha value is -3.13. The lowest BCUT2D eigenvalue weighted by molar-refractivity contribution is 0.0517. The number of ether oxygens (including phenoxy) is 1. The Bertz CT molecular complexity index is 2330. The average Bonchev–Trinajstić information content (AvgIpc) is 3.62. The first-order valence-electron chi connectivity index (χ1n) is 15.4. The number of anilines is 1. The minimum atomic E-state index is -2.02. The fraction of sp³-hybridized carbons (Fsp3) is 0.200. The topological polar surface area (TPSA) is 107 Å². The molecule has 17 heteroatoms. The molecule has 52 heavy (non-hydrogen) atoms. The van der Waals surface area contributed by atoms with Gasteiger partial charge >= 0.3 is 5.97 Å². The highest BCUT2D eigenvalue weighted by Crippen LogP contribution is 2.46. The number of esters is 1. The molecule has 0 bridgehead atoms. The third-order valence-electron chi connectivity index (χ3n) is 7.66. The molecular weight excluding hydrogens is 831 g/mol. The number of alkyl halides is 6. The van der Waals surface area contributed by atoms with Crippen molar-refractivity contribution in [3.05, 3.63) is 121 Å². The Morgan fingerprint density at radius 2 is 1.52 bits per heavy atom. The largest absolute Gasteiger partial charge is 0.460 e. The van der Waals surface area contributed by atoms with Crippen molar-refractivity contribution in [1.82, 2.24) is 19.5 Å². The van der Waals surface area contributed by atoms with Gasteiger partial charge < -0.3 is 9.64 Å². The molecule has 2 aromatic heterocycles. The number of rotatable bonds is 8. The van der Waals surface area contributed by atoms with Crippen LogP contribution < -0.4 is 19.7 Å². The number of ketones is 1. The predicted molar refractivity (Wildman–Crippen MR) is 211 cm³/mol. The van der Waals surface area contributed by atoms with Crippen molar-refractivity contribution in [2.45, 2.75) is 32.9 Å². The van der Waals surface area contributed by atoms with Crippen LogP contribution >= 0.6 is 92.7 Å². The Morgan fingerprint density at radius 3 is 2.13 bits per heavy atom. The van der Waals surface area contributed by atoms with E-state index in [-0.39, 0.29) is 47.5 Å². The molecule has 268 valence electrons. The van der Waals surface area contributed by atoms with Crippen molar-refractivity contribution in [1.29, 1.82) is 0 Å². The minimum Gasteiger partial charge on any atom is -0.460 e. The molecule has 6 rings (SSSR count). The molecule has 0 fully saturated rings. The Labute approximate surface area is 335 Å². The maximum absolute atomic E-state index is 13.8. The Morgan fingerprint density at radius 1 is 0.865 bits per heavy atom. The average molecular weight is 856 g/mol. The summed E-state index contributed by atoms with van der Waals surface area (Å²) >= 11 is 38.7. The smallest absolute Gasteiger partial charge is 0.338 e. The second-order valence-electron chi connectivity index (χ2n) is 11.2. The lowest BCUT2D eigenvalue weighted by atomic mass is 10.1. The summed E-state index contributed by atoms with van der Waals surface area (Å²) in [6.45, 7) is 4.51. The number of hydrogen-bond acceptors (Lipinski definition) is 10. The molecule has 0 amide bonds. The first kappa shape index (κ1) is 38.6. The SMILES string of the molecule is CCn1c(=CC(=O)c2ccccc2)sc(=C2Sc3cc(C)ccc3N2CCOC(=O)c2ccc(-c3nc(C(Cl)(Cl)Cl)nc(C(Cl)(Cl)Cl)n3)cc2)c1=O. The van der Waals surface area contributed by atoms with Gasteiger partial charge in [-0.25, -0.2) is 19.7 Å². The molecule has 0 N–H and O–H groups in total. The molecule has 1 aliphatic heterocycles. The van der Waals surface area contributed by atoms with Gasteiger partial charge in [0.15, 0.2) is 23.3 Å². The van der Waals surface area contributed by atoms with Gasteiger partial charge in [0, 0.05) is 28.6 Å². The normalized spacial score (nSPS) is 14.5. The number of thiazole rings is 1. The van der Waals surface area contributed by atoms with Crippen LogP contribution in [0.15, 0.2) is 82.5 Å². The molecule has 0 spiro atoms. The van der Waals surface area contributed by atoms with Crippen LogP contribution in [0.4, 0.5) is 5.69 Å². The van der Waals surface area contributed by atoms with E-state index in [1.54, 1.807) is 41.0 Å². The van der Waals surface area contributed by atoms with Crippen LogP contribution in [0.2, 0.25) is 0 Å². The third kappa shape index (κ3) is 8.48. The molecule has 0 unspecified atom stereocenters. The second kappa shape index (κ2) is 15.7. The number of hydrogen-bond donors (Lipinski definition) is 0. The van der Waals surface area contributed by atoms with Gasteiger partial charge in [-0.2, -0.15) is 0 Å². The summed E-state index contributed by atoms with van der Waals surface area (Å²) in [6, 6.07) is 21.1. The molecule has 9 nitrogen and oxygen atoms in total. The first-order valence-corrected chi connectivity index (χ1v) is 19.3. The minimum absolute atomic E-state index is 0.00344. The maximum atomic E-state index is 13.8. The first-order chi connectivity index (χ1) is 24.6. The highest BCUT2D eigenvalue weighted by atomic mass is 35.6. The van der Waals surface area contributed by atoms with E-state index in [0.717, 1.165) is 16.1 Å². The van der Waals surface area contributed by atoms with Gasteiger partial charge in [-0.05, 0) is 43.7 Å². The van der Waals surface area contributed by atoms with Crippen LogP contribution in [-0.4, -0.2) is 44.4 Å². The number of halogens is 6. The third-order valence-corrected chi connectivity index (χ3v) is 11.1. The van der Waals surface area contributed by atoms with E-state index < -0.39 is 13.6 Å². The molecule has 0 atom stereocenters. The number of thioether (sulfide) groups is 1. The number of carbonyl (C=O) groups is 2. The number of fused-ring (bicyclic) bond motifs is 1. The molecule has 0 saturated carbocycles. The Balaban J connectivity index is 1.25. The molecule has 0 saturated heterocycles. The van der Waals surface area contributed by atoms with E-state index in [4.69, 9.17) is 74.3 Å². The van der Waals surface area contributed by atoms with Gasteiger partial charge in [-0.15, -0.1) is 11.3 Å². The van der Waals surface area contributed by atoms with Gasteiger partial charge in [-0.3, -0.25) is 14.2 Å². The van der Waals surface area contributed by atoms with Crippen molar-refractivity contribution in [2.75, 3.05) is 18.1 Å². The zero-order chi connectivity index (χ0) is 37.4. The number of carbonyl (C=O) groups excluding carboxylic acids is 2. The van der Waals surface area contributed by atoms with E-state index in [2.05, 4.69) is 15.0 Å². The van der Waals surface area contributed by atoms with Crippen molar-refractivity contribution in [3.63, 3.8) is 0 Å². The summed E-state index contributed by atoms with van der Waals surface area (Å²) < 4.78 is 4.29. The predicted octanol–water partition coefficient (Wildman–Crippen LogP) is 7.94. The van der Waals surface area contributed by atoms with Crippen LogP contribution in [0.3, 0.4) is 0 Å². The fourth-order valence-electron chi connectivity index (χ4n) is 5.18. The summed E-state index contributed by atoms with van der Waals surface area (Å²) in [5, 5.41) is 0.700. The van der Waals surface area contributed by atoms with Gasteiger partial charge in [-0.1, -0.05) is 130 Å². The van der Waals surface area contributed by atoms with E-state index in [9.17, 15) is 14.4 Å². The molecule has 3 heterocycles. The van der Waals surface area contributed by atoms with Gasteiger partial charge in [0.05, 0.1) is 17.8 Å². The number of benzene rings is 3. The number of Topliss-reactive ketones (excluding diaryl/α,β-unsaturated/α-hetero) is 1. The molecule has 0 radical (unpaired) electrons. The van der Waals surface area contributed by atoms with E-state index >= 15 is 0 Å². The summed E-state index contributed by atoms with van der Waals surface area (Å²) in [5.41, 5.74) is 2.96. The fourth-order valence-corrected chi connectivity index (χ4v) is 8.24. The van der Waals surface area contributed by atoms with E-state index in [1.165, 1.54) is 41.3 Å². The van der Waals surface area contributed by atoms with Crippen molar-refractivity contribution in [3.8, 4) is 11.4 Å². The lowest BCUT2D eigenvalue weighted by Gasteiger charge is -2.20.